The summed E-state index contributed by atoms with van der Waals surface area (Å²) in [7, 11) is 0. The largest absolute Gasteiger partial charge is 0.326 e. The number of anilines is 2. The monoisotopic (exact) mass is 306 g/mol. The SMILES string of the molecule is Cc1cccc(Nc2nc3ncc4c(c3c(=O)[nH]2)CCC4=O)c1. The zero-order chi connectivity index (χ0) is 16.0. The van der Waals surface area contributed by atoms with E-state index in [1.54, 1.807) is 0 Å². The van der Waals surface area contributed by atoms with Crippen molar-refractivity contribution in [3.05, 3.63) is 57.5 Å². The van der Waals surface area contributed by atoms with E-state index in [2.05, 4.69) is 20.3 Å². The molecular weight excluding hydrogens is 292 g/mol. The summed E-state index contributed by atoms with van der Waals surface area (Å²) in [5.74, 6) is 0.376. The normalized spacial score (nSPS) is 13.3. The van der Waals surface area contributed by atoms with Crippen LogP contribution in [0.1, 0.15) is 27.9 Å². The lowest BCUT2D eigenvalue weighted by atomic mass is 10.1. The number of hydrogen-bond acceptors (Lipinski definition) is 5. The first-order valence-corrected chi connectivity index (χ1v) is 7.40. The van der Waals surface area contributed by atoms with Crippen molar-refractivity contribution in [3.63, 3.8) is 0 Å². The summed E-state index contributed by atoms with van der Waals surface area (Å²) in [6.45, 7) is 1.99. The number of nitrogens with zero attached hydrogens (tertiary/aromatic N) is 2. The Bertz CT molecular complexity index is 1010. The predicted molar refractivity (Wildman–Crippen MR) is 87.3 cm³/mol. The summed E-state index contributed by atoms with van der Waals surface area (Å²) in [5.41, 5.74) is 3.33. The maximum atomic E-state index is 12.4. The first kappa shape index (κ1) is 13.6. The molecule has 0 saturated heterocycles. The molecular formula is C17H14N4O2. The molecule has 6 nitrogen and oxygen atoms in total. The van der Waals surface area contributed by atoms with Crippen LogP contribution < -0.4 is 10.9 Å². The van der Waals surface area contributed by atoms with Gasteiger partial charge in [-0.3, -0.25) is 14.6 Å². The smallest absolute Gasteiger partial charge is 0.262 e. The van der Waals surface area contributed by atoms with Gasteiger partial charge in [0, 0.05) is 23.9 Å². The zero-order valence-corrected chi connectivity index (χ0v) is 12.5. The van der Waals surface area contributed by atoms with Gasteiger partial charge in [0.2, 0.25) is 5.95 Å². The molecule has 6 heteroatoms. The Morgan fingerprint density at radius 3 is 2.91 bits per heavy atom. The lowest BCUT2D eigenvalue weighted by Crippen LogP contribution is -2.14. The van der Waals surface area contributed by atoms with Crippen molar-refractivity contribution in [2.24, 2.45) is 0 Å². The van der Waals surface area contributed by atoms with Gasteiger partial charge < -0.3 is 5.32 Å². The van der Waals surface area contributed by atoms with E-state index in [-0.39, 0.29) is 11.3 Å². The summed E-state index contributed by atoms with van der Waals surface area (Å²) in [4.78, 5) is 35.5. The van der Waals surface area contributed by atoms with E-state index >= 15 is 0 Å². The molecule has 0 aliphatic heterocycles. The maximum Gasteiger partial charge on any atom is 0.262 e. The Balaban J connectivity index is 1.82. The van der Waals surface area contributed by atoms with Crippen molar-refractivity contribution in [3.8, 4) is 0 Å². The number of rotatable bonds is 2. The minimum Gasteiger partial charge on any atom is -0.326 e. The van der Waals surface area contributed by atoms with Gasteiger partial charge in [0.05, 0.1) is 5.39 Å². The summed E-state index contributed by atoms with van der Waals surface area (Å²) in [6.07, 6.45) is 2.53. The predicted octanol–water partition coefficient (Wildman–Crippen LogP) is 2.50. The Labute approximate surface area is 131 Å². The van der Waals surface area contributed by atoms with Crippen LogP contribution in [0.2, 0.25) is 0 Å². The van der Waals surface area contributed by atoms with Gasteiger partial charge in [0.15, 0.2) is 11.4 Å². The molecule has 0 unspecified atom stereocenters. The van der Waals surface area contributed by atoms with Crippen LogP contribution in [0.15, 0.2) is 35.3 Å². The molecule has 2 N–H and O–H groups in total. The number of aryl methyl sites for hydroxylation is 2. The van der Waals surface area contributed by atoms with Gasteiger partial charge >= 0.3 is 0 Å². The molecule has 2 heterocycles. The number of Topliss-reactive ketones (excluding diaryl/α,β-unsaturated/α-hetero) is 1. The van der Waals surface area contributed by atoms with Crippen LogP contribution >= 0.6 is 0 Å². The number of fused-ring (bicyclic) bond motifs is 3. The molecule has 3 aromatic rings. The molecule has 0 saturated carbocycles. The fourth-order valence-corrected chi connectivity index (χ4v) is 2.96. The number of carbonyl (C=O) groups excluding carboxylic acids is 1. The number of benzene rings is 1. The van der Waals surface area contributed by atoms with Crippen molar-refractivity contribution in [2.75, 3.05) is 5.32 Å². The molecule has 4 rings (SSSR count). The van der Waals surface area contributed by atoms with Gasteiger partial charge in [-0.2, -0.15) is 4.98 Å². The molecule has 0 amide bonds. The van der Waals surface area contributed by atoms with Crippen molar-refractivity contribution in [1.29, 1.82) is 0 Å². The van der Waals surface area contributed by atoms with Gasteiger partial charge in [0.1, 0.15) is 0 Å². The van der Waals surface area contributed by atoms with E-state index in [0.717, 1.165) is 16.8 Å². The number of nitrogens with one attached hydrogen (secondary N) is 2. The van der Waals surface area contributed by atoms with Gasteiger partial charge in [-0.05, 0) is 36.6 Å². The fourth-order valence-electron chi connectivity index (χ4n) is 2.96. The highest BCUT2D eigenvalue weighted by atomic mass is 16.1. The van der Waals surface area contributed by atoms with Crippen LogP contribution in [0.4, 0.5) is 11.6 Å². The summed E-state index contributed by atoms with van der Waals surface area (Å²) >= 11 is 0. The van der Waals surface area contributed by atoms with Crippen molar-refractivity contribution < 1.29 is 4.79 Å². The van der Waals surface area contributed by atoms with Crippen molar-refractivity contribution in [1.82, 2.24) is 15.0 Å². The number of H-pyrrole nitrogens is 1. The molecule has 0 spiro atoms. The highest BCUT2D eigenvalue weighted by Gasteiger charge is 2.24. The minimum atomic E-state index is -0.274. The second-order valence-electron chi connectivity index (χ2n) is 5.68. The summed E-state index contributed by atoms with van der Waals surface area (Å²) in [6, 6.07) is 7.77. The van der Waals surface area contributed by atoms with E-state index in [1.807, 2.05) is 31.2 Å². The number of pyridine rings is 1. The molecule has 23 heavy (non-hydrogen) atoms. The van der Waals surface area contributed by atoms with Gasteiger partial charge in [-0.25, -0.2) is 4.98 Å². The third-order valence-electron chi connectivity index (χ3n) is 4.03. The molecule has 1 aromatic carbocycles. The molecule has 2 aromatic heterocycles. The summed E-state index contributed by atoms with van der Waals surface area (Å²) < 4.78 is 0. The third-order valence-corrected chi connectivity index (χ3v) is 4.03. The molecule has 0 radical (unpaired) electrons. The van der Waals surface area contributed by atoms with E-state index in [1.165, 1.54) is 6.20 Å². The fraction of sp³-hybridized carbons (Fsp3) is 0.176. The lowest BCUT2D eigenvalue weighted by molar-refractivity contribution is 0.0994. The Morgan fingerprint density at radius 1 is 1.22 bits per heavy atom. The number of hydrogen-bond donors (Lipinski definition) is 2. The molecule has 1 aliphatic carbocycles. The molecule has 1 aliphatic rings. The third kappa shape index (κ3) is 2.28. The van der Waals surface area contributed by atoms with Crippen LogP contribution in [-0.4, -0.2) is 20.7 Å². The highest BCUT2D eigenvalue weighted by molar-refractivity contribution is 6.04. The topological polar surface area (TPSA) is 87.7 Å². The van der Waals surface area contributed by atoms with Gasteiger partial charge in [-0.15, -0.1) is 0 Å². The number of aromatic amines is 1. The number of aromatic nitrogens is 3. The average molecular weight is 306 g/mol. The maximum absolute atomic E-state index is 12.4. The van der Waals surface area contributed by atoms with Crippen LogP contribution in [0.3, 0.4) is 0 Å². The second kappa shape index (κ2) is 5.01. The first-order valence-electron chi connectivity index (χ1n) is 7.40. The minimum absolute atomic E-state index is 0.0377. The zero-order valence-electron chi connectivity index (χ0n) is 12.5. The van der Waals surface area contributed by atoms with Gasteiger partial charge in [-0.1, -0.05) is 12.1 Å². The standard InChI is InChI=1S/C17H14N4O2/c1-9-3-2-4-10(7-9)19-17-20-15-14(16(23)21-17)11-5-6-13(22)12(11)8-18-15/h2-4,7-8H,5-6H2,1H3,(H2,18,19,20,21,23). The van der Waals surface area contributed by atoms with E-state index in [9.17, 15) is 9.59 Å². The molecule has 0 atom stereocenters. The van der Waals surface area contributed by atoms with E-state index in [4.69, 9.17) is 0 Å². The van der Waals surface area contributed by atoms with Crippen LogP contribution in [0, 0.1) is 6.92 Å². The van der Waals surface area contributed by atoms with Crippen LogP contribution in [-0.2, 0) is 6.42 Å². The van der Waals surface area contributed by atoms with Crippen molar-refractivity contribution >= 4 is 28.5 Å². The van der Waals surface area contributed by atoms with Crippen LogP contribution in [0.25, 0.3) is 11.0 Å². The second-order valence-corrected chi connectivity index (χ2v) is 5.68. The number of ketones is 1. The summed E-state index contributed by atoms with van der Waals surface area (Å²) in [5, 5.41) is 3.50. The van der Waals surface area contributed by atoms with Crippen LogP contribution in [0.5, 0.6) is 0 Å². The number of carbonyl (C=O) groups is 1. The molecule has 0 fully saturated rings. The van der Waals surface area contributed by atoms with Gasteiger partial charge in [0.25, 0.3) is 5.56 Å². The Kier molecular flexibility index (Phi) is 2.97. The lowest BCUT2D eigenvalue weighted by Gasteiger charge is -2.08. The van der Waals surface area contributed by atoms with E-state index in [0.29, 0.717) is 35.4 Å². The Hall–Kier alpha value is -3.02. The van der Waals surface area contributed by atoms with Crippen molar-refractivity contribution in [2.45, 2.75) is 19.8 Å². The molecule has 0 bridgehead atoms. The first-order chi connectivity index (χ1) is 11.1. The quantitative estimate of drug-likeness (QED) is 0.759. The highest BCUT2D eigenvalue weighted by Crippen LogP contribution is 2.26. The molecule has 114 valence electrons. The Morgan fingerprint density at radius 2 is 2.09 bits per heavy atom. The average Bonchev–Trinajstić information content (AvgIpc) is 2.88. The van der Waals surface area contributed by atoms with E-state index < -0.39 is 0 Å².